The molecule has 11 atom stereocenters. The van der Waals surface area contributed by atoms with Gasteiger partial charge in [-0.25, -0.2) is 0 Å². The van der Waals surface area contributed by atoms with E-state index in [1.165, 1.54) is 19.3 Å². The molecule has 0 aromatic rings. The van der Waals surface area contributed by atoms with Crippen molar-refractivity contribution >= 4 is 0 Å². The summed E-state index contributed by atoms with van der Waals surface area (Å²) >= 11 is 0. The maximum atomic E-state index is 11.9. The first-order valence-corrected chi connectivity index (χ1v) is 15.2. The number of ether oxygens (including phenoxy) is 1. The van der Waals surface area contributed by atoms with E-state index in [0.29, 0.717) is 23.7 Å². The molecule has 4 aliphatic carbocycles. The molecule has 0 radical (unpaired) electrons. The van der Waals surface area contributed by atoms with Crippen LogP contribution in [0, 0.1) is 51.2 Å². The molecule has 210 valence electrons. The van der Waals surface area contributed by atoms with Gasteiger partial charge < -0.3 is 20.1 Å². The van der Waals surface area contributed by atoms with Crippen LogP contribution in [0.2, 0.25) is 0 Å². The molecule has 0 heterocycles. The highest BCUT2D eigenvalue weighted by molar-refractivity contribution is 5.20. The summed E-state index contributed by atoms with van der Waals surface area (Å²) in [6.07, 6.45) is 8.14. The summed E-state index contributed by atoms with van der Waals surface area (Å²) < 4.78 is 5.93. The van der Waals surface area contributed by atoms with E-state index in [9.17, 15) is 15.3 Å². The zero-order valence-corrected chi connectivity index (χ0v) is 24.9. The van der Waals surface area contributed by atoms with Gasteiger partial charge in [0.05, 0.1) is 23.9 Å². The fourth-order valence-corrected chi connectivity index (χ4v) is 11.2. The van der Waals surface area contributed by atoms with Crippen LogP contribution in [-0.4, -0.2) is 45.8 Å². The van der Waals surface area contributed by atoms with Crippen molar-refractivity contribution in [3.8, 4) is 0 Å². The number of hydrogen-bond acceptors (Lipinski definition) is 4. The van der Waals surface area contributed by atoms with Crippen molar-refractivity contribution in [2.45, 2.75) is 144 Å². The highest BCUT2D eigenvalue weighted by atomic mass is 16.5. The number of hydrogen-bond donors (Lipinski definition) is 3. The lowest BCUT2D eigenvalue weighted by molar-refractivity contribution is -0.272. The first-order valence-electron chi connectivity index (χ1n) is 15.2. The SMILES string of the molecule is CCOC(C)(C)CCC[C@@H](C)[C@H]1CC[C@]2(C)[C@@H]1[C@H](O)C[C@@H]1[C@@]3(C)CC[C@H](O)C(C)(C)[C@@H]3[C@H](O)C[C@]12C. The van der Waals surface area contributed by atoms with Crippen LogP contribution in [0.15, 0.2) is 0 Å². The number of aliphatic hydroxyl groups is 3. The topological polar surface area (TPSA) is 69.9 Å². The predicted octanol–water partition coefficient (Wildman–Crippen LogP) is 6.60. The molecule has 0 aliphatic heterocycles. The number of fused-ring (bicyclic) bond motifs is 5. The van der Waals surface area contributed by atoms with Crippen LogP contribution in [0.25, 0.3) is 0 Å². The van der Waals surface area contributed by atoms with E-state index in [0.717, 1.165) is 45.1 Å². The van der Waals surface area contributed by atoms with Gasteiger partial charge in [-0.05, 0) is 117 Å². The van der Waals surface area contributed by atoms with Crippen molar-refractivity contribution in [3.63, 3.8) is 0 Å². The van der Waals surface area contributed by atoms with E-state index in [1.807, 2.05) is 0 Å². The number of aliphatic hydroxyl groups excluding tert-OH is 3. The zero-order valence-electron chi connectivity index (χ0n) is 24.9. The molecule has 0 aromatic carbocycles. The largest absolute Gasteiger partial charge is 0.393 e. The highest BCUT2D eigenvalue weighted by Crippen LogP contribution is 2.75. The normalized spacial score (nSPS) is 49.2. The van der Waals surface area contributed by atoms with Crippen molar-refractivity contribution < 1.29 is 20.1 Å². The van der Waals surface area contributed by atoms with Gasteiger partial charge in [0.25, 0.3) is 0 Å². The smallest absolute Gasteiger partial charge is 0.0626 e. The van der Waals surface area contributed by atoms with Gasteiger partial charge >= 0.3 is 0 Å². The highest BCUT2D eigenvalue weighted by Gasteiger charge is 2.72. The summed E-state index contributed by atoms with van der Waals surface area (Å²) in [5.41, 5.74) is -0.383. The van der Waals surface area contributed by atoms with E-state index < -0.39 is 6.10 Å². The van der Waals surface area contributed by atoms with Crippen LogP contribution in [0.4, 0.5) is 0 Å². The first kappa shape index (κ1) is 28.8. The van der Waals surface area contributed by atoms with E-state index in [1.54, 1.807) is 0 Å². The maximum absolute atomic E-state index is 11.9. The van der Waals surface area contributed by atoms with Gasteiger partial charge in [0.15, 0.2) is 0 Å². The van der Waals surface area contributed by atoms with Crippen molar-refractivity contribution in [1.29, 1.82) is 0 Å². The Bertz CT molecular complexity index is 793. The standard InChI is InChI=1S/C32H58O4/c1-10-36-28(3,4)15-11-12-20(2)21-13-17-31(8)26(21)22(33)18-24-30(7)16-14-25(35)29(5,6)27(30)23(34)19-32(24,31)9/h20-27,33-35H,10-19H2,1-9H3/t20-,21-,22-,23-,24-,25+,26+,27+,30-,31-,32-/m1/s1. The summed E-state index contributed by atoms with van der Waals surface area (Å²) in [4.78, 5) is 0. The second-order valence-corrected chi connectivity index (χ2v) is 15.6. The molecule has 0 spiro atoms. The van der Waals surface area contributed by atoms with Crippen molar-refractivity contribution in [1.82, 2.24) is 0 Å². The zero-order chi connectivity index (χ0) is 26.9. The fraction of sp³-hybridized carbons (Fsp3) is 1.00. The van der Waals surface area contributed by atoms with Crippen molar-refractivity contribution in [2.24, 2.45) is 51.2 Å². The molecule has 3 N–H and O–H groups in total. The molecule has 4 heteroatoms. The average Bonchev–Trinajstić information content (AvgIpc) is 3.12. The Labute approximate surface area is 222 Å². The molecule has 0 saturated heterocycles. The Morgan fingerprint density at radius 3 is 2.25 bits per heavy atom. The van der Waals surface area contributed by atoms with Crippen molar-refractivity contribution in [2.75, 3.05) is 6.61 Å². The molecule has 0 unspecified atom stereocenters. The van der Waals surface area contributed by atoms with Crippen LogP contribution in [-0.2, 0) is 4.74 Å². The minimum atomic E-state index is -0.397. The Kier molecular flexibility index (Phi) is 7.60. The molecule has 4 nitrogen and oxygen atoms in total. The third kappa shape index (κ3) is 4.23. The summed E-state index contributed by atoms with van der Waals surface area (Å²) in [6.45, 7) is 21.3. The van der Waals surface area contributed by atoms with Crippen molar-refractivity contribution in [3.05, 3.63) is 0 Å². The minimum absolute atomic E-state index is 0.00532. The van der Waals surface area contributed by atoms with Crippen LogP contribution in [0.1, 0.15) is 120 Å². The quantitative estimate of drug-likeness (QED) is 0.364. The van der Waals surface area contributed by atoms with E-state index in [2.05, 4.69) is 62.3 Å². The summed E-state index contributed by atoms with van der Waals surface area (Å²) in [5.74, 6) is 1.89. The molecule has 36 heavy (non-hydrogen) atoms. The summed E-state index contributed by atoms with van der Waals surface area (Å²) in [5, 5.41) is 34.5. The molecule has 4 fully saturated rings. The van der Waals surface area contributed by atoms with Gasteiger partial charge in [-0.15, -0.1) is 0 Å². The fourth-order valence-electron chi connectivity index (χ4n) is 11.2. The monoisotopic (exact) mass is 506 g/mol. The first-order chi connectivity index (χ1) is 16.5. The lowest BCUT2D eigenvalue weighted by Gasteiger charge is -2.71. The molecule has 0 bridgehead atoms. The predicted molar refractivity (Wildman–Crippen MR) is 147 cm³/mol. The van der Waals surface area contributed by atoms with Gasteiger partial charge in [-0.1, -0.05) is 54.4 Å². The third-order valence-corrected chi connectivity index (χ3v) is 13.0. The molecule has 4 aliphatic rings. The molecule has 0 aromatic heterocycles. The average molecular weight is 507 g/mol. The van der Waals surface area contributed by atoms with Crippen LogP contribution in [0.5, 0.6) is 0 Å². The Balaban J connectivity index is 1.57. The van der Waals surface area contributed by atoms with Gasteiger partial charge in [0.2, 0.25) is 0 Å². The van der Waals surface area contributed by atoms with Crippen LogP contribution in [0.3, 0.4) is 0 Å². The van der Waals surface area contributed by atoms with Gasteiger partial charge in [0, 0.05) is 6.61 Å². The molecular formula is C32H58O4. The minimum Gasteiger partial charge on any atom is -0.393 e. The second-order valence-electron chi connectivity index (χ2n) is 15.6. The number of rotatable bonds is 7. The van der Waals surface area contributed by atoms with E-state index >= 15 is 0 Å². The Hall–Kier alpha value is -0.160. The second kappa shape index (κ2) is 9.49. The van der Waals surface area contributed by atoms with Gasteiger partial charge in [-0.3, -0.25) is 0 Å². The molecular weight excluding hydrogens is 448 g/mol. The van der Waals surface area contributed by atoms with E-state index in [4.69, 9.17) is 4.74 Å². The third-order valence-electron chi connectivity index (χ3n) is 13.0. The van der Waals surface area contributed by atoms with Gasteiger partial charge in [0.1, 0.15) is 0 Å². The van der Waals surface area contributed by atoms with Crippen LogP contribution >= 0.6 is 0 Å². The van der Waals surface area contributed by atoms with Crippen LogP contribution < -0.4 is 0 Å². The Morgan fingerprint density at radius 1 is 0.944 bits per heavy atom. The molecule has 4 rings (SSSR count). The molecule has 4 saturated carbocycles. The maximum Gasteiger partial charge on any atom is 0.0626 e. The Morgan fingerprint density at radius 2 is 1.61 bits per heavy atom. The van der Waals surface area contributed by atoms with E-state index in [-0.39, 0.29) is 45.4 Å². The summed E-state index contributed by atoms with van der Waals surface area (Å²) in [6, 6.07) is 0. The van der Waals surface area contributed by atoms with Gasteiger partial charge in [-0.2, -0.15) is 0 Å². The summed E-state index contributed by atoms with van der Waals surface area (Å²) in [7, 11) is 0. The molecule has 0 amide bonds. The lowest BCUT2D eigenvalue weighted by Crippen LogP contribution is -2.69. The lowest BCUT2D eigenvalue weighted by atomic mass is 9.34.